The fourth-order valence-electron chi connectivity index (χ4n) is 6.29. The Bertz CT molecular complexity index is 560. The van der Waals surface area contributed by atoms with Crippen LogP contribution in [0, 0.1) is 28.6 Å². The summed E-state index contributed by atoms with van der Waals surface area (Å²) in [6.45, 7) is 4.72. The Labute approximate surface area is 133 Å². The van der Waals surface area contributed by atoms with Gasteiger partial charge >= 0.3 is 0 Å². The maximum atomic E-state index is 11.8. The largest absolute Gasteiger partial charge is 0.388 e. The highest BCUT2D eigenvalue weighted by Gasteiger charge is 2.56. The standard InChI is InChI=1S/C20H28O2/c1-19-10-8-14(21)12-13(19)6-7-15-16-4-3-5-18(22)20(16,2)11-9-17(15)19/h3,5,12,15-18,22H,4,6-11H2,1-2H3/t15-,16+,17+,18?,19-,20+/m1/s1. The van der Waals surface area contributed by atoms with Gasteiger partial charge in [-0.05, 0) is 67.8 Å². The van der Waals surface area contributed by atoms with E-state index in [0.717, 1.165) is 32.1 Å². The van der Waals surface area contributed by atoms with Crippen molar-refractivity contribution in [2.45, 2.75) is 64.9 Å². The van der Waals surface area contributed by atoms with E-state index >= 15 is 0 Å². The Morgan fingerprint density at radius 2 is 1.95 bits per heavy atom. The number of allylic oxidation sites excluding steroid dienone is 3. The van der Waals surface area contributed by atoms with Gasteiger partial charge in [-0.3, -0.25) is 4.79 Å². The molecule has 0 heterocycles. The number of hydrogen-bond donors (Lipinski definition) is 1. The lowest BCUT2D eigenvalue weighted by molar-refractivity contribution is -0.119. The molecule has 1 unspecified atom stereocenters. The smallest absolute Gasteiger partial charge is 0.155 e. The average molecular weight is 300 g/mol. The minimum atomic E-state index is -0.273. The van der Waals surface area contributed by atoms with Crippen LogP contribution in [0.5, 0.6) is 0 Å². The van der Waals surface area contributed by atoms with Gasteiger partial charge in [0.25, 0.3) is 0 Å². The van der Waals surface area contributed by atoms with Gasteiger partial charge in [0.05, 0.1) is 6.10 Å². The topological polar surface area (TPSA) is 37.3 Å². The van der Waals surface area contributed by atoms with Gasteiger partial charge in [0.1, 0.15) is 0 Å². The predicted octanol–water partition coefficient (Wildman–Crippen LogP) is 4.05. The lowest BCUT2D eigenvalue weighted by Crippen LogP contribution is -2.54. The molecule has 1 N–H and O–H groups in total. The molecule has 2 heteroatoms. The van der Waals surface area contributed by atoms with E-state index in [4.69, 9.17) is 0 Å². The second-order valence-electron chi connectivity index (χ2n) is 8.62. The lowest BCUT2D eigenvalue weighted by atomic mass is 9.45. The molecule has 2 nitrogen and oxygen atoms in total. The summed E-state index contributed by atoms with van der Waals surface area (Å²) in [6, 6.07) is 0. The Hall–Kier alpha value is -0.890. The Morgan fingerprint density at radius 3 is 2.77 bits per heavy atom. The van der Waals surface area contributed by atoms with Crippen LogP contribution >= 0.6 is 0 Å². The highest BCUT2D eigenvalue weighted by atomic mass is 16.3. The van der Waals surface area contributed by atoms with Crippen LogP contribution in [-0.4, -0.2) is 17.0 Å². The molecular formula is C20H28O2. The molecule has 0 saturated heterocycles. The van der Waals surface area contributed by atoms with Gasteiger partial charge in [0, 0.05) is 11.8 Å². The number of carbonyl (C=O) groups is 1. The van der Waals surface area contributed by atoms with Gasteiger partial charge in [0.2, 0.25) is 0 Å². The predicted molar refractivity (Wildman–Crippen MR) is 87.2 cm³/mol. The minimum Gasteiger partial charge on any atom is -0.388 e. The molecule has 0 aliphatic heterocycles. The van der Waals surface area contributed by atoms with Crippen LogP contribution in [0.3, 0.4) is 0 Å². The summed E-state index contributed by atoms with van der Waals surface area (Å²) in [4.78, 5) is 11.8. The fourth-order valence-corrected chi connectivity index (χ4v) is 6.29. The molecule has 0 radical (unpaired) electrons. The monoisotopic (exact) mass is 300 g/mol. The van der Waals surface area contributed by atoms with Crippen LogP contribution in [0.4, 0.5) is 0 Å². The Morgan fingerprint density at radius 1 is 1.14 bits per heavy atom. The second kappa shape index (κ2) is 4.80. The number of fused-ring (bicyclic) bond motifs is 5. The van der Waals surface area contributed by atoms with Gasteiger partial charge in [0.15, 0.2) is 5.78 Å². The van der Waals surface area contributed by atoms with Crippen molar-refractivity contribution in [1.82, 2.24) is 0 Å². The molecule has 0 aromatic carbocycles. The van der Waals surface area contributed by atoms with Gasteiger partial charge in [-0.2, -0.15) is 0 Å². The molecule has 0 spiro atoms. The molecule has 0 aromatic rings. The fraction of sp³-hybridized carbons (Fsp3) is 0.750. The summed E-state index contributed by atoms with van der Waals surface area (Å²) in [5.41, 5.74) is 1.74. The molecule has 22 heavy (non-hydrogen) atoms. The maximum absolute atomic E-state index is 11.8. The van der Waals surface area contributed by atoms with Crippen molar-refractivity contribution in [3.05, 3.63) is 23.8 Å². The molecule has 0 bridgehead atoms. The van der Waals surface area contributed by atoms with Crippen molar-refractivity contribution in [2.75, 3.05) is 0 Å². The Balaban J connectivity index is 1.70. The van der Waals surface area contributed by atoms with Crippen molar-refractivity contribution in [2.24, 2.45) is 28.6 Å². The third-order valence-electron chi connectivity index (χ3n) is 7.78. The Kier molecular flexibility index (Phi) is 3.21. The number of carbonyl (C=O) groups excluding carboxylic acids is 1. The minimum absolute atomic E-state index is 0.0674. The number of ketones is 1. The van der Waals surface area contributed by atoms with Crippen molar-refractivity contribution < 1.29 is 9.90 Å². The molecule has 0 aromatic heterocycles. The van der Waals surface area contributed by atoms with E-state index < -0.39 is 0 Å². The molecule has 2 fully saturated rings. The number of hydrogen-bond acceptors (Lipinski definition) is 2. The first-order chi connectivity index (χ1) is 10.4. The summed E-state index contributed by atoms with van der Waals surface area (Å²) in [5.74, 6) is 2.37. The first-order valence-electron chi connectivity index (χ1n) is 9.04. The highest BCUT2D eigenvalue weighted by Crippen LogP contribution is 2.63. The summed E-state index contributed by atoms with van der Waals surface area (Å²) < 4.78 is 0. The zero-order valence-corrected chi connectivity index (χ0v) is 13.8. The van der Waals surface area contributed by atoms with Crippen LogP contribution in [0.15, 0.2) is 23.8 Å². The molecular weight excluding hydrogens is 272 g/mol. The highest BCUT2D eigenvalue weighted by molar-refractivity contribution is 5.91. The van der Waals surface area contributed by atoms with Crippen molar-refractivity contribution in [3.63, 3.8) is 0 Å². The van der Waals surface area contributed by atoms with E-state index in [0.29, 0.717) is 23.5 Å². The number of aliphatic hydroxyl groups excluding tert-OH is 1. The van der Waals surface area contributed by atoms with E-state index in [1.54, 1.807) is 0 Å². The zero-order valence-electron chi connectivity index (χ0n) is 13.8. The SMILES string of the molecule is C[C@@]12CCC(=O)C=C1CC[C@H]1[C@@H]2CC[C@]2(C)C(O)C=CC[C@@H]12. The van der Waals surface area contributed by atoms with Crippen molar-refractivity contribution >= 4 is 5.78 Å². The molecule has 0 amide bonds. The van der Waals surface area contributed by atoms with Gasteiger partial charge < -0.3 is 5.11 Å². The molecule has 4 aliphatic carbocycles. The molecule has 4 aliphatic rings. The van der Waals surface area contributed by atoms with E-state index in [-0.39, 0.29) is 16.9 Å². The normalized spacial score (nSPS) is 50.7. The van der Waals surface area contributed by atoms with E-state index in [2.05, 4.69) is 19.9 Å². The third kappa shape index (κ3) is 1.86. The molecule has 6 atom stereocenters. The molecule has 120 valence electrons. The van der Waals surface area contributed by atoms with Crippen LogP contribution < -0.4 is 0 Å². The third-order valence-corrected chi connectivity index (χ3v) is 7.78. The molecule has 2 saturated carbocycles. The van der Waals surface area contributed by atoms with E-state index in [9.17, 15) is 9.90 Å². The van der Waals surface area contributed by atoms with Crippen molar-refractivity contribution in [3.8, 4) is 0 Å². The number of rotatable bonds is 0. The summed E-state index contributed by atoms with van der Waals surface area (Å²) >= 11 is 0. The van der Waals surface area contributed by atoms with Gasteiger partial charge in [-0.25, -0.2) is 0 Å². The number of aliphatic hydroxyl groups is 1. The van der Waals surface area contributed by atoms with Crippen LogP contribution in [0.1, 0.15) is 58.8 Å². The molecule has 4 rings (SSSR count). The van der Waals surface area contributed by atoms with Crippen LogP contribution in [-0.2, 0) is 4.79 Å². The van der Waals surface area contributed by atoms with Crippen LogP contribution in [0.2, 0.25) is 0 Å². The lowest BCUT2D eigenvalue weighted by Gasteiger charge is -2.60. The quantitative estimate of drug-likeness (QED) is 0.685. The average Bonchev–Trinajstić information content (AvgIpc) is 2.49. The van der Waals surface area contributed by atoms with E-state index in [1.165, 1.54) is 18.4 Å². The first kappa shape index (κ1) is 14.7. The van der Waals surface area contributed by atoms with Gasteiger partial charge in [-0.15, -0.1) is 0 Å². The van der Waals surface area contributed by atoms with Crippen LogP contribution in [0.25, 0.3) is 0 Å². The summed E-state index contributed by atoms with van der Waals surface area (Å²) in [5, 5.41) is 10.5. The zero-order chi connectivity index (χ0) is 15.5. The van der Waals surface area contributed by atoms with Gasteiger partial charge in [-0.1, -0.05) is 31.6 Å². The van der Waals surface area contributed by atoms with Crippen molar-refractivity contribution in [1.29, 1.82) is 0 Å². The maximum Gasteiger partial charge on any atom is 0.155 e. The first-order valence-corrected chi connectivity index (χ1v) is 9.04. The summed E-state index contributed by atoms with van der Waals surface area (Å²) in [6.07, 6.45) is 13.5. The van der Waals surface area contributed by atoms with E-state index in [1.807, 2.05) is 12.2 Å². The summed E-state index contributed by atoms with van der Waals surface area (Å²) in [7, 11) is 0. The second-order valence-corrected chi connectivity index (χ2v) is 8.62.